The topological polar surface area (TPSA) is 0 Å². The van der Waals surface area contributed by atoms with Crippen molar-refractivity contribution < 1.29 is 0 Å². The first-order valence-electron chi connectivity index (χ1n) is 13.3. The maximum atomic E-state index is 4.48. The molecule has 0 spiro atoms. The van der Waals surface area contributed by atoms with Crippen LogP contribution in [0.1, 0.15) is 90.5 Å². The summed E-state index contributed by atoms with van der Waals surface area (Å²) in [5.41, 5.74) is 9.82. The predicted molar refractivity (Wildman–Crippen MR) is 165 cm³/mol. The monoisotopic (exact) mass is 480 g/mol. The van der Waals surface area contributed by atoms with E-state index in [1.807, 2.05) is 6.08 Å². The fourth-order valence-corrected chi connectivity index (χ4v) is 3.64. The maximum Gasteiger partial charge on any atom is -0.00229 e. The lowest BCUT2D eigenvalue weighted by atomic mass is 9.85. The van der Waals surface area contributed by atoms with Gasteiger partial charge in [0.2, 0.25) is 0 Å². The van der Waals surface area contributed by atoms with Crippen molar-refractivity contribution in [2.75, 3.05) is 0 Å². The fourth-order valence-electron chi connectivity index (χ4n) is 3.64. The Balaban J connectivity index is 0.00000150. The molecule has 2 rings (SSSR count). The van der Waals surface area contributed by atoms with Gasteiger partial charge < -0.3 is 0 Å². The third kappa shape index (κ3) is 9.86. The van der Waals surface area contributed by atoms with Crippen molar-refractivity contribution in [2.45, 2.75) is 80.1 Å². The van der Waals surface area contributed by atoms with Gasteiger partial charge in [0.15, 0.2) is 0 Å². The van der Waals surface area contributed by atoms with Crippen LogP contribution in [0.15, 0.2) is 109 Å². The molecule has 0 nitrogen and oxygen atoms in total. The number of hydrogen-bond acceptors (Lipinski definition) is 0. The highest BCUT2D eigenvalue weighted by Crippen LogP contribution is 2.31. The smallest absolute Gasteiger partial charge is 0.00229 e. The van der Waals surface area contributed by atoms with E-state index in [1.165, 1.54) is 40.7 Å². The summed E-state index contributed by atoms with van der Waals surface area (Å²) < 4.78 is 0. The molecule has 0 aromatic heterocycles. The lowest BCUT2D eigenvalue weighted by Gasteiger charge is -2.20. The fraction of sp³-hybridized carbons (Fsp3) is 0.333. The normalized spacial score (nSPS) is 12.8. The van der Waals surface area contributed by atoms with E-state index in [1.54, 1.807) is 0 Å². The number of benzene rings is 2. The standard InChI is InChI=1S/C32H38.C4H10/c1-9-12-14-29(23-27-17-15-26(11-3)16-18-27)25(5)31(13-10-2)24(4)28-19-21-30(22-20-28)32(6,7)8;1-3-4-2/h9-22H,3-4,23H2,1-2,5-8H3;3-4H2,1-2H3/b12-9-,13-10-,29-14-,31-25+;. The van der Waals surface area contributed by atoms with Crippen LogP contribution in [0.2, 0.25) is 0 Å². The molecule has 0 aliphatic heterocycles. The van der Waals surface area contributed by atoms with Crippen LogP contribution in [0.4, 0.5) is 0 Å². The number of hydrogen-bond donors (Lipinski definition) is 0. The number of unbranched alkanes of at least 4 members (excludes halogenated alkanes) is 1. The second-order valence-corrected chi connectivity index (χ2v) is 10.2. The van der Waals surface area contributed by atoms with Crippen molar-refractivity contribution in [3.05, 3.63) is 131 Å². The molecule has 0 amide bonds. The minimum absolute atomic E-state index is 0.140. The van der Waals surface area contributed by atoms with E-state index in [0.717, 1.165) is 23.1 Å². The molecule has 0 saturated heterocycles. The van der Waals surface area contributed by atoms with Gasteiger partial charge in [0.1, 0.15) is 0 Å². The van der Waals surface area contributed by atoms with Crippen LogP contribution in [0, 0.1) is 0 Å². The molecule has 2 aromatic carbocycles. The molecular weight excluding hydrogens is 432 g/mol. The molecule has 0 bridgehead atoms. The van der Waals surface area contributed by atoms with Crippen LogP contribution in [0.25, 0.3) is 11.6 Å². The van der Waals surface area contributed by atoms with Crippen LogP contribution in [-0.2, 0) is 11.8 Å². The summed E-state index contributed by atoms with van der Waals surface area (Å²) in [6.07, 6.45) is 16.1. The molecule has 192 valence electrons. The van der Waals surface area contributed by atoms with Crippen LogP contribution in [-0.4, -0.2) is 0 Å². The Bertz CT molecular complexity index is 1070. The zero-order valence-corrected chi connectivity index (χ0v) is 24.1. The summed E-state index contributed by atoms with van der Waals surface area (Å²) in [6.45, 7) is 25.7. The molecule has 0 heterocycles. The van der Waals surface area contributed by atoms with Crippen molar-refractivity contribution in [2.24, 2.45) is 0 Å². The molecule has 0 atom stereocenters. The van der Waals surface area contributed by atoms with Gasteiger partial charge in [-0.2, -0.15) is 0 Å². The molecule has 0 unspecified atom stereocenters. The third-order valence-electron chi connectivity index (χ3n) is 6.24. The average molecular weight is 481 g/mol. The van der Waals surface area contributed by atoms with Gasteiger partial charge in [0.25, 0.3) is 0 Å². The van der Waals surface area contributed by atoms with Crippen LogP contribution in [0.3, 0.4) is 0 Å². The SMILES string of the molecule is C=Cc1ccc(CC(=C/C=C\C)/C(C)=C(\C=C/C)C(=C)c2ccc(C(C)(C)C)cc2)cc1.CCCC. The molecule has 0 aliphatic rings. The highest BCUT2D eigenvalue weighted by atomic mass is 14.2. The van der Waals surface area contributed by atoms with Crippen LogP contribution in [0.5, 0.6) is 0 Å². The molecule has 2 aromatic rings. The highest BCUT2D eigenvalue weighted by molar-refractivity contribution is 5.82. The lowest BCUT2D eigenvalue weighted by molar-refractivity contribution is 0.590. The molecule has 0 saturated carbocycles. The average Bonchev–Trinajstić information content (AvgIpc) is 2.89. The first-order chi connectivity index (χ1) is 17.1. The second-order valence-electron chi connectivity index (χ2n) is 10.2. The Kier molecular flexibility index (Phi) is 13.6. The first-order valence-corrected chi connectivity index (χ1v) is 13.3. The quantitative estimate of drug-likeness (QED) is 0.313. The zero-order valence-electron chi connectivity index (χ0n) is 24.1. The van der Waals surface area contributed by atoms with E-state index in [2.05, 4.69) is 147 Å². The molecular formula is C36H48. The summed E-state index contributed by atoms with van der Waals surface area (Å²) >= 11 is 0. The Hall–Kier alpha value is -3.12. The number of rotatable bonds is 9. The summed E-state index contributed by atoms with van der Waals surface area (Å²) in [6, 6.07) is 17.5. The van der Waals surface area contributed by atoms with Crippen molar-refractivity contribution in [3.63, 3.8) is 0 Å². The second kappa shape index (κ2) is 15.8. The summed E-state index contributed by atoms with van der Waals surface area (Å²) in [5, 5.41) is 0. The van der Waals surface area contributed by atoms with E-state index >= 15 is 0 Å². The van der Waals surface area contributed by atoms with Crippen molar-refractivity contribution in [3.8, 4) is 0 Å². The molecule has 0 aliphatic carbocycles. The minimum Gasteiger partial charge on any atom is -0.0985 e. The predicted octanol–water partition coefficient (Wildman–Crippen LogP) is 11.1. The summed E-state index contributed by atoms with van der Waals surface area (Å²) in [7, 11) is 0. The van der Waals surface area contributed by atoms with Gasteiger partial charge in [-0.15, -0.1) is 0 Å². The van der Waals surface area contributed by atoms with Gasteiger partial charge in [-0.1, -0.05) is 146 Å². The summed E-state index contributed by atoms with van der Waals surface area (Å²) in [4.78, 5) is 0. The Morgan fingerprint density at radius 2 is 1.44 bits per heavy atom. The van der Waals surface area contributed by atoms with Crippen molar-refractivity contribution >= 4 is 11.6 Å². The maximum absolute atomic E-state index is 4.48. The first kappa shape index (κ1) is 30.9. The largest absolute Gasteiger partial charge is 0.0985 e. The van der Waals surface area contributed by atoms with Crippen molar-refractivity contribution in [1.82, 2.24) is 0 Å². The van der Waals surface area contributed by atoms with Gasteiger partial charge in [-0.3, -0.25) is 0 Å². The molecule has 0 heteroatoms. The zero-order chi connectivity index (χ0) is 27.1. The van der Waals surface area contributed by atoms with Gasteiger partial charge in [0, 0.05) is 0 Å². The van der Waals surface area contributed by atoms with Crippen LogP contribution >= 0.6 is 0 Å². The van der Waals surface area contributed by atoms with E-state index < -0.39 is 0 Å². The van der Waals surface area contributed by atoms with Gasteiger partial charge in [-0.25, -0.2) is 0 Å². The van der Waals surface area contributed by atoms with E-state index in [4.69, 9.17) is 0 Å². The third-order valence-corrected chi connectivity index (χ3v) is 6.24. The Morgan fingerprint density at radius 1 is 0.861 bits per heavy atom. The molecule has 0 fully saturated rings. The highest BCUT2D eigenvalue weighted by Gasteiger charge is 2.15. The number of allylic oxidation sites excluding steroid dienone is 9. The summed E-state index contributed by atoms with van der Waals surface area (Å²) in [5.74, 6) is 0. The van der Waals surface area contributed by atoms with E-state index in [-0.39, 0.29) is 5.41 Å². The minimum atomic E-state index is 0.140. The van der Waals surface area contributed by atoms with Crippen LogP contribution < -0.4 is 0 Å². The van der Waals surface area contributed by atoms with E-state index in [9.17, 15) is 0 Å². The van der Waals surface area contributed by atoms with Gasteiger partial charge in [0.05, 0.1) is 0 Å². The Morgan fingerprint density at radius 3 is 1.89 bits per heavy atom. The molecule has 36 heavy (non-hydrogen) atoms. The molecule has 0 N–H and O–H groups in total. The molecule has 0 radical (unpaired) electrons. The van der Waals surface area contributed by atoms with Gasteiger partial charge in [-0.05, 0) is 77.2 Å². The van der Waals surface area contributed by atoms with E-state index in [0.29, 0.717) is 0 Å². The van der Waals surface area contributed by atoms with Crippen molar-refractivity contribution in [1.29, 1.82) is 0 Å². The Labute approximate surface area is 222 Å². The lowest BCUT2D eigenvalue weighted by Crippen LogP contribution is -2.10. The van der Waals surface area contributed by atoms with Gasteiger partial charge >= 0.3 is 0 Å².